The van der Waals surface area contributed by atoms with Gasteiger partial charge in [-0.2, -0.15) is 0 Å². The lowest BCUT2D eigenvalue weighted by Crippen LogP contribution is -2.66. The highest BCUT2D eigenvalue weighted by Crippen LogP contribution is 2.40. The first-order valence-corrected chi connectivity index (χ1v) is 37.2. The standard InChI is InChI=1S/C76H106F2N16O7/c1-51(79-4)71(99)87-70(55-15-6-5-7-16-55)73(101)94-44-57(38-63(94)72(100)86-61-19-11-17-54-14-8-9-18-58(54)61)85-67(96)21-20-66(95)80-28-35-90-31-24-75(47-90)25-32-91(48-75)45-68(97)82-42-53-13-10-12-52(36-53)41-81-64-40-65(84-50-83-64)92-33-26-76(27-34-92)49-93(46-69(98)88-76)62-39-59(77)56(37-60(62)78)43-89-29-22-74(2,3)23-30-89/h8-10,12-14,18,36-37,39-40,50-51,55,57,61,63,70,79H,5-7,11,15-17,19-35,38,41-49H2,1-4H3,(H,80,95)(H,82,97)(H,85,96)(H,86,100)(H,87,99)(H,88,98)(H,81,83,84)/t51-,57-,61?,63-,70-,75-/m0/s1. The van der Waals surface area contributed by atoms with Gasteiger partial charge in [0, 0.05) is 109 Å². The first-order chi connectivity index (χ1) is 48.7. The van der Waals surface area contributed by atoms with E-state index in [1.54, 1.807) is 23.8 Å². The fraction of sp³-hybridized carbons (Fsp3) is 0.618. The molecule has 6 atom stereocenters. The Bertz CT molecular complexity index is 3610. The summed E-state index contributed by atoms with van der Waals surface area (Å²) in [7, 11) is 1.70. The topological polar surface area (TPSA) is 261 Å². The maximum Gasteiger partial charge on any atom is 0.246 e. The van der Waals surface area contributed by atoms with Gasteiger partial charge >= 0.3 is 0 Å². The van der Waals surface area contributed by atoms with Crippen LogP contribution in [0.5, 0.6) is 0 Å². The zero-order valence-corrected chi connectivity index (χ0v) is 59.6. The predicted octanol–water partition coefficient (Wildman–Crippen LogP) is 5.83. The van der Waals surface area contributed by atoms with Crippen LogP contribution in [-0.4, -0.2) is 199 Å². The maximum absolute atomic E-state index is 15.8. The molecular formula is C76H106F2N16O7. The van der Waals surface area contributed by atoms with E-state index in [1.165, 1.54) is 24.0 Å². The lowest BCUT2D eigenvalue weighted by molar-refractivity contribution is -0.143. The summed E-state index contributed by atoms with van der Waals surface area (Å²) in [5.41, 5.74) is 4.45. The summed E-state index contributed by atoms with van der Waals surface area (Å²) >= 11 is 0. The molecule has 3 aromatic carbocycles. The summed E-state index contributed by atoms with van der Waals surface area (Å²) in [6.45, 7) is 15.6. The minimum absolute atomic E-state index is 0.0113. The van der Waals surface area contributed by atoms with E-state index in [9.17, 15) is 33.6 Å². The fourth-order valence-corrected chi connectivity index (χ4v) is 16.9. The van der Waals surface area contributed by atoms with E-state index in [0.29, 0.717) is 83.1 Å². The number of fused-ring (bicyclic) bond motifs is 1. The van der Waals surface area contributed by atoms with E-state index >= 15 is 8.78 Å². The lowest BCUT2D eigenvalue weighted by atomic mass is 9.82. The summed E-state index contributed by atoms with van der Waals surface area (Å²) in [5, 5.41) is 25.1. The second kappa shape index (κ2) is 32.6. The van der Waals surface area contributed by atoms with Crippen LogP contribution in [0.1, 0.15) is 157 Å². The van der Waals surface area contributed by atoms with Crippen molar-refractivity contribution in [1.29, 1.82) is 0 Å². The van der Waals surface area contributed by atoms with Gasteiger partial charge in [-0.1, -0.05) is 81.6 Å². The molecule has 0 bridgehead atoms. The summed E-state index contributed by atoms with van der Waals surface area (Å²) < 4.78 is 31.5. The Hall–Kier alpha value is -7.87. The van der Waals surface area contributed by atoms with Gasteiger partial charge in [0.15, 0.2) is 0 Å². The molecule has 2 spiro atoms. The molecule has 546 valence electrons. The number of aromatic nitrogens is 2. The number of halogens is 2. The summed E-state index contributed by atoms with van der Waals surface area (Å²) in [5.74, 6) is -1.33. The molecule has 7 amide bonds. The zero-order valence-electron chi connectivity index (χ0n) is 59.6. The van der Waals surface area contributed by atoms with Crippen LogP contribution in [0.15, 0.2) is 73.1 Å². The molecule has 6 saturated heterocycles. The number of piperidine rings is 2. The number of piperazine rings is 1. The number of carbonyl (C=O) groups excluding carboxylic acids is 7. The average molecular weight is 1390 g/mol. The number of nitrogens with zero attached hydrogens (tertiary/aromatic N) is 8. The molecule has 23 nitrogen and oxygen atoms in total. The molecule has 4 aromatic rings. The van der Waals surface area contributed by atoms with E-state index < -0.39 is 41.3 Å². The van der Waals surface area contributed by atoms with Gasteiger partial charge in [0.05, 0.1) is 36.4 Å². The number of rotatable bonds is 25. The second-order valence-electron chi connectivity index (χ2n) is 31.1. The van der Waals surface area contributed by atoms with Gasteiger partial charge in [0.2, 0.25) is 41.4 Å². The molecule has 7 heterocycles. The van der Waals surface area contributed by atoms with Gasteiger partial charge < -0.3 is 62.1 Å². The molecule has 0 radical (unpaired) electrons. The zero-order chi connectivity index (χ0) is 70.8. The number of likely N-dealkylation sites (tertiary alicyclic amines) is 4. The highest BCUT2D eigenvalue weighted by Gasteiger charge is 2.47. The van der Waals surface area contributed by atoms with Crippen molar-refractivity contribution in [3.63, 3.8) is 0 Å². The molecular weight excluding hydrogens is 1290 g/mol. The number of amides is 7. The van der Waals surface area contributed by atoms with E-state index in [1.807, 2.05) is 42.5 Å². The van der Waals surface area contributed by atoms with Crippen LogP contribution < -0.4 is 52.3 Å². The molecule has 8 aliphatic rings. The SMILES string of the molecule is CN[C@@H](C)C(=O)N[C@H](C(=O)N1C[C@@H](NC(=O)CCC(=O)NCCN2CC[C@]3(CCN(CC(=O)NCc4cccc(CNc5cc(N6CCC7(CC6)CN(c6cc(F)c(CN8CCC(C)(C)CC8)cc6F)CC(=O)N7)ncn5)c4)C3)C2)C[C@H]1C(=O)NC1CCCc2ccccc21)C1CCCCC1. The average Bonchev–Trinajstić information content (AvgIpc) is 1.19. The van der Waals surface area contributed by atoms with Gasteiger partial charge in [-0.25, -0.2) is 18.7 Å². The van der Waals surface area contributed by atoms with Crippen LogP contribution >= 0.6 is 0 Å². The van der Waals surface area contributed by atoms with Gasteiger partial charge in [-0.05, 0) is 162 Å². The Labute approximate surface area is 593 Å². The normalized spacial score (nSPS) is 23.8. The monoisotopic (exact) mass is 1390 g/mol. The molecule has 1 unspecified atom stereocenters. The predicted molar refractivity (Wildman–Crippen MR) is 383 cm³/mol. The summed E-state index contributed by atoms with van der Waals surface area (Å²) in [6, 6.07) is 17.8. The third kappa shape index (κ3) is 18.7. The third-order valence-electron chi connectivity index (χ3n) is 23.1. The molecule has 1 aromatic heterocycles. The van der Waals surface area contributed by atoms with Crippen LogP contribution in [0.2, 0.25) is 0 Å². The quantitative estimate of drug-likeness (QED) is 0.0388. The van der Waals surface area contributed by atoms with Crippen molar-refractivity contribution in [3.8, 4) is 0 Å². The minimum Gasteiger partial charge on any atom is -0.366 e. The Morgan fingerprint density at radius 1 is 0.713 bits per heavy atom. The van der Waals surface area contributed by atoms with Gasteiger partial charge in [-0.15, -0.1) is 0 Å². The van der Waals surface area contributed by atoms with Crippen molar-refractivity contribution in [3.05, 3.63) is 113 Å². The van der Waals surface area contributed by atoms with Crippen molar-refractivity contribution >= 4 is 58.7 Å². The van der Waals surface area contributed by atoms with Crippen molar-refractivity contribution in [2.75, 3.05) is 114 Å². The molecule has 101 heavy (non-hydrogen) atoms. The Kier molecular flexibility index (Phi) is 23.6. The van der Waals surface area contributed by atoms with Crippen molar-refractivity contribution < 1.29 is 42.3 Å². The number of carbonyl (C=O) groups is 7. The molecule has 12 rings (SSSR count). The van der Waals surface area contributed by atoms with Crippen molar-refractivity contribution in [1.82, 2.24) is 66.8 Å². The lowest BCUT2D eigenvalue weighted by Gasteiger charge is -2.48. The number of likely N-dealkylation sites (N-methyl/N-ethyl adjacent to an activating group) is 1. The van der Waals surface area contributed by atoms with Crippen LogP contribution in [0, 0.1) is 28.4 Å². The Morgan fingerprint density at radius 2 is 1.45 bits per heavy atom. The molecule has 2 aliphatic carbocycles. The Balaban J connectivity index is 0.545. The largest absolute Gasteiger partial charge is 0.366 e. The molecule has 6 aliphatic heterocycles. The first-order valence-electron chi connectivity index (χ1n) is 37.2. The highest BCUT2D eigenvalue weighted by molar-refractivity contribution is 5.94. The second-order valence-corrected chi connectivity index (χ2v) is 31.1. The van der Waals surface area contributed by atoms with Crippen LogP contribution in [0.25, 0.3) is 0 Å². The Morgan fingerprint density at radius 3 is 2.23 bits per heavy atom. The van der Waals surface area contributed by atoms with E-state index in [4.69, 9.17) is 0 Å². The minimum atomic E-state index is -0.862. The molecule has 8 N–H and O–H groups in total. The first kappa shape index (κ1) is 72.9. The van der Waals surface area contributed by atoms with E-state index in [-0.39, 0.29) is 102 Å². The van der Waals surface area contributed by atoms with Crippen LogP contribution in [-0.2, 0) is 59.6 Å². The summed E-state index contributed by atoms with van der Waals surface area (Å²) in [4.78, 5) is 117. The number of nitrogens with one attached hydrogen (secondary N) is 8. The molecule has 25 heteroatoms. The number of benzene rings is 3. The molecule has 7 fully saturated rings. The fourth-order valence-electron chi connectivity index (χ4n) is 16.9. The van der Waals surface area contributed by atoms with Gasteiger partial charge in [0.25, 0.3) is 0 Å². The number of hydrogen-bond donors (Lipinski definition) is 8. The van der Waals surface area contributed by atoms with Crippen LogP contribution in [0.4, 0.5) is 26.1 Å². The van der Waals surface area contributed by atoms with E-state index in [0.717, 1.165) is 139 Å². The smallest absolute Gasteiger partial charge is 0.246 e. The maximum atomic E-state index is 15.8. The van der Waals surface area contributed by atoms with Crippen molar-refractivity contribution in [2.24, 2.45) is 16.7 Å². The van der Waals surface area contributed by atoms with E-state index in [2.05, 4.69) is 98.1 Å². The van der Waals surface area contributed by atoms with Gasteiger partial charge in [0.1, 0.15) is 41.7 Å². The number of aryl methyl sites for hydroxylation is 1. The molecule has 1 saturated carbocycles. The summed E-state index contributed by atoms with van der Waals surface area (Å²) in [6.07, 6.45) is 14.1. The van der Waals surface area contributed by atoms with Crippen LogP contribution in [0.3, 0.4) is 0 Å². The van der Waals surface area contributed by atoms with Gasteiger partial charge in [-0.3, -0.25) is 43.4 Å². The highest BCUT2D eigenvalue weighted by atomic mass is 19.1. The number of hydrogen-bond acceptors (Lipinski definition) is 16. The third-order valence-corrected chi connectivity index (χ3v) is 23.1. The number of anilines is 3. The van der Waals surface area contributed by atoms with Crippen molar-refractivity contribution in [2.45, 2.75) is 185 Å².